The van der Waals surface area contributed by atoms with Crippen molar-refractivity contribution in [2.75, 3.05) is 7.11 Å². The number of methoxy groups -OCH3 is 1. The highest BCUT2D eigenvalue weighted by molar-refractivity contribution is 6.23. The molecule has 3 aromatic rings. The van der Waals surface area contributed by atoms with E-state index < -0.39 is 0 Å². The van der Waals surface area contributed by atoms with Gasteiger partial charge in [-0.05, 0) is 46.2 Å². The number of ketones is 1. The summed E-state index contributed by atoms with van der Waals surface area (Å²) >= 11 is 0. The number of fused-ring (bicyclic) bond motifs is 4. The summed E-state index contributed by atoms with van der Waals surface area (Å²) < 4.78 is 5.25. The van der Waals surface area contributed by atoms with Crippen LogP contribution in [0.2, 0.25) is 0 Å². The molecule has 0 fully saturated rings. The summed E-state index contributed by atoms with van der Waals surface area (Å²) in [6.45, 7) is 0. The molecule has 0 bridgehead atoms. The minimum Gasteiger partial charge on any atom is -0.497 e. The van der Waals surface area contributed by atoms with Gasteiger partial charge in [-0.25, -0.2) is 0 Å². The zero-order valence-electron chi connectivity index (χ0n) is 11.0. The van der Waals surface area contributed by atoms with Gasteiger partial charge in [-0.3, -0.25) is 4.79 Å². The maximum atomic E-state index is 12.5. The third-order valence-corrected chi connectivity index (χ3v) is 3.89. The van der Waals surface area contributed by atoms with E-state index in [1.165, 1.54) is 0 Å². The molecule has 0 saturated heterocycles. The number of ether oxygens (including phenoxy) is 1. The standard InChI is InChI=1S/C18H12O2/c1-20-13-7-6-11-9-16-14-4-2-3-5-15(14)18(19)17(16)10-12(11)8-13/h2-10H,1H3. The van der Waals surface area contributed by atoms with E-state index in [2.05, 4.69) is 6.07 Å². The summed E-state index contributed by atoms with van der Waals surface area (Å²) in [5.41, 5.74) is 3.64. The summed E-state index contributed by atoms with van der Waals surface area (Å²) in [6.07, 6.45) is 0. The second kappa shape index (κ2) is 3.94. The van der Waals surface area contributed by atoms with Crippen molar-refractivity contribution >= 4 is 16.6 Å². The van der Waals surface area contributed by atoms with Gasteiger partial charge in [0.1, 0.15) is 5.75 Å². The summed E-state index contributed by atoms with van der Waals surface area (Å²) in [5.74, 6) is 0.917. The van der Waals surface area contributed by atoms with Gasteiger partial charge in [-0.1, -0.05) is 30.3 Å². The lowest BCUT2D eigenvalue weighted by atomic mass is 10.0. The zero-order valence-corrected chi connectivity index (χ0v) is 11.0. The van der Waals surface area contributed by atoms with E-state index in [4.69, 9.17) is 4.74 Å². The molecular weight excluding hydrogens is 248 g/mol. The largest absolute Gasteiger partial charge is 0.497 e. The molecule has 2 nitrogen and oxygen atoms in total. The van der Waals surface area contributed by atoms with Gasteiger partial charge in [0.05, 0.1) is 7.11 Å². The normalized spacial score (nSPS) is 12.3. The topological polar surface area (TPSA) is 26.3 Å². The molecule has 0 amide bonds. The van der Waals surface area contributed by atoms with Crippen LogP contribution >= 0.6 is 0 Å². The van der Waals surface area contributed by atoms with Gasteiger partial charge < -0.3 is 4.74 Å². The van der Waals surface area contributed by atoms with Gasteiger partial charge in [0.15, 0.2) is 5.78 Å². The zero-order chi connectivity index (χ0) is 13.7. The molecule has 0 heterocycles. The summed E-state index contributed by atoms with van der Waals surface area (Å²) in [5, 5.41) is 2.15. The number of rotatable bonds is 1. The van der Waals surface area contributed by atoms with E-state index in [1.807, 2.05) is 48.5 Å². The number of benzene rings is 3. The van der Waals surface area contributed by atoms with Crippen LogP contribution in [0.4, 0.5) is 0 Å². The molecule has 4 rings (SSSR count). The van der Waals surface area contributed by atoms with Crippen LogP contribution in [0.15, 0.2) is 54.6 Å². The molecule has 0 aromatic heterocycles. The highest BCUT2D eigenvalue weighted by Crippen LogP contribution is 2.39. The molecule has 1 aliphatic rings. The van der Waals surface area contributed by atoms with E-state index in [0.717, 1.165) is 38.8 Å². The fraction of sp³-hybridized carbons (Fsp3) is 0.0556. The molecular formula is C18H12O2. The number of carbonyl (C=O) groups excluding carboxylic acids is 1. The highest BCUT2D eigenvalue weighted by Gasteiger charge is 2.26. The monoisotopic (exact) mass is 260 g/mol. The van der Waals surface area contributed by atoms with Crippen molar-refractivity contribution in [2.45, 2.75) is 0 Å². The predicted octanol–water partition coefficient (Wildman–Crippen LogP) is 4.06. The lowest BCUT2D eigenvalue weighted by Gasteiger charge is -2.05. The van der Waals surface area contributed by atoms with Gasteiger partial charge in [-0.2, -0.15) is 0 Å². The van der Waals surface area contributed by atoms with Crippen LogP contribution in [-0.4, -0.2) is 12.9 Å². The first-order valence-electron chi connectivity index (χ1n) is 6.54. The average molecular weight is 260 g/mol. The fourth-order valence-electron chi connectivity index (χ4n) is 2.87. The van der Waals surface area contributed by atoms with Crippen LogP contribution in [0.5, 0.6) is 5.75 Å². The Labute approximate surface area is 116 Å². The average Bonchev–Trinajstić information content (AvgIpc) is 2.78. The Bertz CT molecular complexity index is 862. The highest BCUT2D eigenvalue weighted by atomic mass is 16.5. The van der Waals surface area contributed by atoms with Gasteiger partial charge >= 0.3 is 0 Å². The Morgan fingerprint density at radius 2 is 1.50 bits per heavy atom. The van der Waals surface area contributed by atoms with Crippen molar-refractivity contribution in [1.29, 1.82) is 0 Å². The van der Waals surface area contributed by atoms with Crippen LogP contribution in [-0.2, 0) is 0 Å². The predicted molar refractivity (Wildman–Crippen MR) is 79.4 cm³/mol. The van der Waals surface area contributed by atoms with Crippen LogP contribution in [0.3, 0.4) is 0 Å². The van der Waals surface area contributed by atoms with Crippen LogP contribution in [0.1, 0.15) is 15.9 Å². The van der Waals surface area contributed by atoms with Crippen LogP contribution in [0, 0.1) is 0 Å². The van der Waals surface area contributed by atoms with Gasteiger partial charge in [0.25, 0.3) is 0 Å². The summed E-state index contributed by atoms with van der Waals surface area (Å²) in [4.78, 5) is 12.5. The Morgan fingerprint density at radius 3 is 2.30 bits per heavy atom. The van der Waals surface area contributed by atoms with Gasteiger partial charge in [0, 0.05) is 11.1 Å². The van der Waals surface area contributed by atoms with Crippen molar-refractivity contribution in [2.24, 2.45) is 0 Å². The third-order valence-electron chi connectivity index (χ3n) is 3.89. The molecule has 0 spiro atoms. The van der Waals surface area contributed by atoms with E-state index in [0.29, 0.717) is 0 Å². The lowest BCUT2D eigenvalue weighted by molar-refractivity contribution is 0.104. The van der Waals surface area contributed by atoms with E-state index in [9.17, 15) is 4.79 Å². The smallest absolute Gasteiger partial charge is 0.194 e. The molecule has 0 atom stereocenters. The molecule has 0 unspecified atom stereocenters. The Morgan fingerprint density at radius 1 is 0.750 bits per heavy atom. The number of hydrogen-bond donors (Lipinski definition) is 0. The minimum atomic E-state index is 0.111. The van der Waals surface area contributed by atoms with Gasteiger partial charge in [0.2, 0.25) is 0 Å². The molecule has 96 valence electrons. The van der Waals surface area contributed by atoms with Crippen molar-refractivity contribution in [3.05, 3.63) is 65.7 Å². The van der Waals surface area contributed by atoms with Crippen molar-refractivity contribution in [1.82, 2.24) is 0 Å². The van der Waals surface area contributed by atoms with Crippen LogP contribution in [0.25, 0.3) is 21.9 Å². The molecule has 3 aromatic carbocycles. The number of carbonyl (C=O) groups is 1. The van der Waals surface area contributed by atoms with Crippen LogP contribution < -0.4 is 4.74 Å². The molecule has 1 aliphatic carbocycles. The van der Waals surface area contributed by atoms with E-state index in [-0.39, 0.29) is 5.78 Å². The molecule has 20 heavy (non-hydrogen) atoms. The second-order valence-corrected chi connectivity index (χ2v) is 4.99. The first-order valence-corrected chi connectivity index (χ1v) is 6.54. The van der Waals surface area contributed by atoms with E-state index in [1.54, 1.807) is 7.11 Å². The Kier molecular flexibility index (Phi) is 2.21. The number of hydrogen-bond acceptors (Lipinski definition) is 2. The molecule has 0 radical (unpaired) electrons. The Balaban J connectivity index is 2.04. The molecule has 0 N–H and O–H groups in total. The second-order valence-electron chi connectivity index (χ2n) is 4.99. The first-order chi connectivity index (χ1) is 9.78. The van der Waals surface area contributed by atoms with E-state index >= 15 is 0 Å². The summed E-state index contributed by atoms with van der Waals surface area (Å²) in [7, 11) is 1.65. The van der Waals surface area contributed by atoms with Crippen molar-refractivity contribution in [3.8, 4) is 16.9 Å². The third kappa shape index (κ3) is 1.42. The molecule has 0 saturated carbocycles. The molecule has 2 heteroatoms. The molecule has 0 aliphatic heterocycles. The quantitative estimate of drug-likeness (QED) is 0.516. The van der Waals surface area contributed by atoms with Crippen molar-refractivity contribution in [3.63, 3.8) is 0 Å². The van der Waals surface area contributed by atoms with Crippen molar-refractivity contribution < 1.29 is 9.53 Å². The maximum Gasteiger partial charge on any atom is 0.194 e. The minimum absolute atomic E-state index is 0.111. The SMILES string of the molecule is COc1ccc2cc3c(cc2c1)C(=O)c1ccccc1-3. The summed E-state index contributed by atoms with van der Waals surface area (Å²) in [6, 6.07) is 17.8. The lowest BCUT2D eigenvalue weighted by Crippen LogP contribution is -1.94. The Hall–Kier alpha value is -2.61. The fourth-order valence-corrected chi connectivity index (χ4v) is 2.87. The first kappa shape index (κ1) is 11.2. The van der Waals surface area contributed by atoms with Gasteiger partial charge in [-0.15, -0.1) is 0 Å². The maximum absolute atomic E-state index is 12.5.